The van der Waals surface area contributed by atoms with Crippen molar-refractivity contribution >= 4 is 16.9 Å². The fourth-order valence-electron chi connectivity index (χ4n) is 3.42. The minimum absolute atomic E-state index is 0.370. The van der Waals surface area contributed by atoms with E-state index in [1.807, 2.05) is 11.3 Å². The summed E-state index contributed by atoms with van der Waals surface area (Å²) in [5.41, 5.74) is 2.25. The van der Waals surface area contributed by atoms with Crippen molar-refractivity contribution in [2.45, 2.75) is 32.7 Å². The summed E-state index contributed by atoms with van der Waals surface area (Å²) in [6.07, 6.45) is 4.35. The molecule has 0 bridgehead atoms. The summed E-state index contributed by atoms with van der Waals surface area (Å²) >= 11 is 1.63. The maximum absolute atomic E-state index is 5.99. The number of aliphatic imine (C=N–C) groups is 1. The summed E-state index contributed by atoms with van der Waals surface area (Å²) in [4.78, 5) is 9.56. The van der Waals surface area contributed by atoms with Gasteiger partial charge in [-0.3, -0.25) is 15.7 Å². The molecule has 0 saturated carbocycles. The van der Waals surface area contributed by atoms with Crippen LogP contribution < -0.4 is 11.2 Å². The Morgan fingerprint density at radius 2 is 1.92 bits per heavy atom. The highest BCUT2D eigenvalue weighted by atomic mass is 32.2. The molecule has 2 fully saturated rings. The largest absolute Gasteiger partial charge is 0.373 e. The second-order valence-corrected chi connectivity index (χ2v) is 8.32. The highest BCUT2D eigenvalue weighted by Gasteiger charge is 2.22. The Labute approximate surface area is 163 Å². The van der Waals surface area contributed by atoms with Crippen molar-refractivity contribution in [3.8, 4) is 0 Å². The lowest BCUT2D eigenvalue weighted by Crippen LogP contribution is -2.47. The normalized spacial score (nSPS) is 22.9. The molecule has 148 valence electrons. The number of amidine groups is 1. The molecule has 1 unspecified atom stereocenters. The van der Waals surface area contributed by atoms with Gasteiger partial charge >= 0.3 is 0 Å². The first kappa shape index (κ1) is 21.3. The maximum atomic E-state index is 5.99. The number of piperazine rings is 1. The van der Waals surface area contributed by atoms with E-state index < -0.39 is 0 Å². The summed E-state index contributed by atoms with van der Waals surface area (Å²) in [6.45, 7) is 19.6. The third-order valence-electron chi connectivity index (χ3n) is 5.20. The molecule has 0 aliphatic carbocycles. The number of hydrogen-bond donors (Lipinski definition) is 2. The van der Waals surface area contributed by atoms with Crippen molar-refractivity contribution in [3.05, 3.63) is 24.6 Å². The van der Waals surface area contributed by atoms with E-state index in [4.69, 9.17) is 10.8 Å². The fourth-order valence-corrected chi connectivity index (χ4v) is 3.87. The third-order valence-corrected chi connectivity index (χ3v) is 5.82. The van der Waals surface area contributed by atoms with E-state index in [1.165, 1.54) is 12.1 Å². The van der Waals surface area contributed by atoms with Crippen LogP contribution in [0.25, 0.3) is 0 Å². The maximum Gasteiger partial charge on any atom is 0.160 e. The lowest BCUT2D eigenvalue weighted by molar-refractivity contribution is 0.160. The first-order valence-electron chi connectivity index (χ1n) is 9.61. The van der Waals surface area contributed by atoms with Gasteiger partial charge in [-0.05, 0) is 25.0 Å². The predicted molar refractivity (Wildman–Crippen MR) is 114 cm³/mol. The molecule has 0 aromatic rings. The number of rotatable bonds is 7. The van der Waals surface area contributed by atoms with Gasteiger partial charge in [0.2, 0.25) is 0 Å². The molecule has 1 atom stereocenters. The molecule has 2 saturated heterocycles. The van der Waals surface area contributed by atoms with Crippen molar-refractivity contribution in [2.24, 2.45) is 16.8 Å². The second kappa shape index (κ2) is 10.3. The number of allylic oxidation sites excluding steroid dienone is 1. The van der Waals surface area contributed by atoms with Crippen molar-refractivity contribution in [2.75, 3.05) is 52.1 Å². The number of nitrogens with two attached hydrogens (primary N) is 1. The SMILES string of the molecule is C=C(CN1CCN(C(=C)C(C)C)CC1)NC(=NCC1CCCN1N)SC. The van der Waals surface area contributed by atoms with Crippen molar-refractivity contribution in [1.82, 2.24) is 20.1 Å². The van der Waals surface area contributed by atoms with E-state index in [9.17, 15) is 0 Å². The van der Waals surface area contributed by atoms with E-state index in [-0.39, 0.29) is 0 Å². The van der Waals surface area contributed by atoms with E-state index in [1.54, 1.807) is 11.8 Å². The number of hydrazine groups is 1. The van der Waals surface area contributed by atoms with Gasteiger partial charge in [0.25, 0.3) is 0 Å². The molecular formula is C19H36N6S. The van der Waals surface area contributed by atoms with Gasteiger partial charge in [-0.25, -0.2) is 5.01 Å². The summed E-state index contributed by atoms with van der Waals surface area (Å²) in [6, 6.07) is 0.370. The highest BCUT2D eigenvalue weighted by molar-refractivity contribution is 8.13. The highest BCUT2D eigenvalue weighted by Crippen LogP contribution is 2.16. The second-order valence-electron chi connectivity index (χ2n) is 7.52. The van der Waals surface area contributed by atoms with Crippen LogP contribution in [0.2, 0.25) is 0 Å². The number of nitrogens with zero attached hydrogens (tertiary/aromatic N) is 4. The number of hydrogen-bond acceptors (Lipinski definition) is 6. The molecule has 0 aromatic carbocycles. The van der Waals surface area contributed by atoms with Gasteiger partial charge in [-0.1, -0.05) is 38.8 Å². The average Bonchev–Trinajstić information content (AvgIpc) is 3.03. The molecule has 2 aliphatic rings. The van der Waals surface area contributed by atoms with Gasteiger partial charge in [-0.15, -0.1) is 0 Å². The molecule has 0 aromatic heterocycles. The number of nitrogens with one attached hydrogen (secondary N) is 1. The molecular weight excluding hydrogens is 344 g/mol. The Kier molecular flexibility index (Phi) is 8.47. The lowest BCUT2D eigenvalue weighted by Gasteiger charge is -2.38. The zero-order valence-corrected chi connectivity index (χ0v) is 17.5. The monoisotopic (exact) mass is 380 g/mol. The van der Waals surface area contributed by atoms with Crippen LogP contribution in [0.1, 0.15) is 26.7 Å². The van der Waals surface area contributed by atoms with E-state index >= 15 is 0 Å². The number of thioether (sulfide) groups is 1. The van der Waals surface area contributed by atoms with Crippen LogP contribution >= 0.6 is 11.8 Å². The first-order valence-corrected chi connectivity index (χ1v) is 10.8. The summed E-state index contributed by atoms with van der Waals surface area (Å²) in [5, 5.41) is 6.24. The molecule has 0 spiro atoms. The average molecular weight is 381 g/mol. The zero-order valence-electron chi connectivity index (χ0n) is 16.7. The van der Waals surface area contributed by atoms with E-state index in [2.05, 4.69) is 42.1 Å². The van der Waals surface area contributed by atoms with Gasteiger partial charge in [0, 0.05) is 56.7 Å². The van der Waals surface area contributed by atoms with Crippen LogP contribution in [0.3, 0.4) is 0 Å². The van der Waals surface area contributed by atoms with Crippen LogP contribution in [0.15, 0.2) is 29.5 Å². The topological polar surface area (TPSA) is 60.1 Å². The molecule has 2 aliphatic heterocycles. The molecule has 7 heteroatoms. The fraction of sp³-hybridized carbons (Fsp3) is 0.737. The minimum Gasteiger partial charge on any atom is -0.373 e. The molecule has 0 amide bonds. The lowest BCUT2D eigenvalue weighted by atomic mass is 10.1. The Bertz CT molecular complexity index is 510. The van der Waals surface area contributed by atoms with Crippen LogP contribution in [-0.4, -0.2) is 78.1 Å². The smallest absolute Gasteiger partial charge is 0.160 e. The van der Waals surface area contributed by atoms with Gasteiger partial charge in [0.1, 0.15) is 0 Å². The van der Waals surface area contributed by atoms with Crippen LogP contribution in [0.5, 0.6) is 0 Å². The summed E-state index contributed by atoms with van der Waals surface area (Å²) < 4.78 is 0. The van der Waals surface area contributed by atoms with Crippen LogP contribution in [0, 0.1) is 5.92 Å². The van der Waals surface area contributed by atoms with Crippen molar-refractivity contribution in [1.29, 1.82) is 0 Å². The Hall–Kier alpha value is -1.02. The van der Waals surface area contributed by atoms with Crippen molar-refractivity contribution < 1.29 is 0 Å². The first-order chi connectivity index (χ1) is 12.4. The molecule has 2 heterocycles. The molecule has 3 N–H and O–H groups in total. The Morgan fingerprint density at radius 3 is 2.46 bits per heavy atom. The van der Waals surface area contributed by atoms with Crippen molar-refractivity contribution in [3.63, 3.8) is 0 Å². The molecule has 6 nitrogen and oxygen atoms in total. The third kappa shape index (κ3) is 6.30. The van der Waals surface area contributed by atoms with Crippen LogP contribution in [0.4, 0.5) is 0 Å². The van der Waals surface area contributed by atoms with Gasteiger partial charge in [0.15, 0.2) is 5.17 Å². The van der Waals surface area contributed by atoms with Gasteiger partial charge in [0.05, 0.1) is 6.54 Å². The van der Waals surface area contributed by atoms with E-state index in [0.717, 1.165) is 63.1 Å². The summed E-state index contributed by atoms with van der Waals surface area (Å²) in [7, 11) is 0. The summed E-state index contributed by atoms with van der Waals surface area (Å²) in [5.74, 6) is 6.50. The predicted octanol–water partition coefficient (Wildman–Crippen LogP) is 1.93. The zero-order chi connectivity index (χ0) is 19.1. The Balaban J connectivity index is 1.74. The van der Waals surface area contributed by atoms with Gasteiger partial charge in [-0.2, -0.15) is 0 Å². The molecule has 2 rings (SSSR count). The van der Waals surface area contributed by atoms with Gasteiger partial charge < -0.3 is 10.2 Å². The molecule has 0 radical (unpaired) electrons. The quantitative estimate of drug-likeness (QED) is 0.400. The molecule has 26 heavy (non-hydrogen) atoms. The van der Waals surface area contributed by atoms with Crippen LogP contribution in [-0.2, 0) is 0 Å². The minimum atomic E-state index is 0.370. The standard InChI is InChI=1S/C19H36N6S/c1-15(2)17(4)24-11-9-23(10-12-24)14-16(3)22-19(26-5)21-13-18-7-6-8-25(18)20/h15,18H,3-4,6-14,20H2,1-2,5H3,(H,21,22). The van der Waals surface area contributed by atoms with E-state index in [0.29, 0.717) is 12.0 Å². The Morgan fingerprint density at radius 1 is 1.23 bits per heavy atom.